The van der Waals surface area contributed by atoms with Crippen LogP contribution in [0.4, 0.5) is 4.79 Å². The molecular weight excluding hydrogens is 264 g/mol. The maximum Gasteiger partial charge on any atom is 0.314 e. The molecule has 2 unspecified atom stereocenters. The Labute approximate surface area is 115 Å². The molecule has 0 saturated heterocycles. The number of nitrogens with zero attached hydrogens (tertiary/aromatic N) is 2. The molecule has 8 nitrogen and oxygen atoms in total. The highest BCUT2D eigenvalue weighted by atomic mass is 16.5. The summed E-state index contributed by atoms with van der Waals surface area (Å²) in [6.45, 7) is 0.795. The SMILES string of the molecule is O=C(NCCc1ncon1)NCC1CCCC1C(=O)O. The summed E-state index contributed by atoms with van der Waals surface area (Å²) in [5.41, 5.74) is 0. The summed E-state index contributed by atoms with van der Waals surface area (Å²) in [5, 5.41) is 18.1. The molecule has 0 bridgehead atoms. The molecule has 0 aromatic carbocycles. The first-order valence-electron chi connectivity index (χ1n) is 6.66. The number of aromatic nitrogens is 2. The van der Waals surface area contributed by atoms with Gasteiger partial charge >= 0.3 is 12.0 Å². The molecule has 1 aliphatic rings. The Hall–Kier alpha value is -2.12. The molecule has 0 radical (unpaired) electrons. The van der Waals surface area contributed by atoms with Gasteiger partial charge in [-0.3, -0.25) is 4.79 Å². The van der Waals surface area contributed by atoms with Crippen LogP contribution in [0.15, 0.2) is 10.9 Å². The van der Waals surface area contributed by atoms with E-state index in [9.17, 15) is 9.59 Å². The number of urea groups is 1. The third-order valence-electron chi connectivity index (χ3n) is 3.54. The average Bonchev–Trinajstić information content (AvgIpc) is 3.07. The van der Waals surface area contributed by atoms with Crippen LogP contribution in [-0.2, 0) is 11.2 Å². The number of nitrogens with one attached hydrogen (secondary N) is 2. The fourth-order valence-corrected chi connectivity index (χ4v) is 2.48. The Morgan fingerprint density at radius 2 is 2.25 bits per heavy atom. The average molecular weight is 282 g/mol. The van der Waals surface area contributed by atoms with Crippen molar-refractivity contribution in [1.29, 1.82) is 0 Å². The molecule has 2 atom stereocenters. The van der Waals surface area contributed by atoms with E-state index in [-0.39, 0.29) is 17.9 Å². The number of amides is 2. The summed E-state index contributed by atoms with van der Waals surface area (Å²) in [5.74, 6) is -0.552. The van der Waals surface area contributed by atoms with Gasteiger partial charge in [-0.25, -0.2) is 4.79 Å². The van der Waals surface area contributed by atoms with Crippen molar-refractivity contribution in [2.24, 2.45) is 11.8 Å². The number of carbonyl (C=O) groups is 2. The van der Waals surface area contributed by atoms with Gasteiger partial charge in [-0.1, -0.05) is 11.6 Å². The van der Waals surface area contributed by atoms with E-state index in [1.54, 1.807) is 0 Å². The molecule has 110 valence electrons. The lowest BCUT2D eigenvalue weighted by Gasteiger charge is -2.16. The molecule has 8 heteroatoms. The monoisotopic (exact) mass is 282 g/mol. The Bertz CT molecular complexity index is 448. The molecule has 1 fully saturated rings. The second kappa shape index (κ2) is 6.88. The number of hydrogen-bond donors (Lipinski definition) is 3. The highest BCUT2D eigenvalue weighted by molar-refractivity contribution is 5.74. The lowest BCUT2D eigenvalue weighted by atomic mass is 9.96. The van der Waals surface area contributed by atoms with Gasteiger partial charge < -0.3 is 20.3 Å². The molecule has 2 rings (SSSR count). The van der Waals surface area contributed by atoms with Crippen LogP contribution in [0.3, 0.4) is 0 Å². The molecule has 1 aromatic rings. The first-order valence-corrected chi connectivity index (χ1v) is 6.66. The topological polar surface area (TPSA) is 117 Å². The van der Waals surface area contributed by atoms with Crippen molar-refractivity contribution in [2.75, 3.05) is 13.1 Å². The first-order chi connectivity index (χ1) is 9.66. The zero-order chi connectivity index (χ0) is 14.4. The zero-order valence-corrected chi connectivity index (χ0v) is 11.0. The van der Waals surface area contributed by atoms with Gasteiger partial charge in [-0.15, -0.1) is 0 Å². The second-order valence-corrected chi connectivity index (χ2v) is 4.87. The van der Waals surface area contributed by atoms with Crippen molar-refractivity contribution in [2.45, 2.75) is 25.7 Å². The summed E-state index contributed by atoms with van der Waals surface area (Å²) in [6.07, 6.45) is 4.18. The van der Waals surface area contributed by atoms with E-state index in [4.69, 9.17) is 5.11 Å². The summed E-state index contributed by atoms with van der Waals surface area (Å²) in [7, 11) is 0. The van der Waals surface area contributed by atoms with Gasteiger partial charge in [0.25, 0.3) is 0 Å². The van der Waals surface area contributed by atoms with Crippen LogP contribution in [0.1, 0.15) is 25.1 Å². The van der Waals surface area contributed by atoms with Crippen molar-refractivity contribution in [1.82, 2.24) is 20.8 Å². The molecule has 1 aromatic heterocycles. The van der Waals surface area contributed by atoms with Gasteiger partial charge in [0, 0.05) is 19.5 Å². The predicted octanol–water partition coefficient (Wildman–Crippen LogP) is 0.412. The van der Waals surface area contributed by atoms with Gasteiger partial charge in [0.2, 0.25) is 6.39 Å². The summed E-state index contributed by atoms with van der Waals surface area (Å²) in [6, 6.07) is -0.301. The minimum absolute atomic E-state index is 0.0236. The van der Waals surface area contributed by atoms with Crippen molar-refractivity contribution in [3.05, 3.63) is 12.2 Å². The van der Waals surface area contributed by atoms with E-state index >= 15 is 0 Å². The standard InChI is InChI=1S/C12H18N4O4/c17-11(18)9-3-1-2-8(9)6-14-12(19)13-5-4-10-15-7-20-16-10/h7-9H,1-6H2,(H,17,18)(H2,13,14,19). The highest BCUT2D eigenvalue weighted by Gasteiger charge is 2.32. The fourth-order valence-electron chi connectivity index (χ4n) is 2.48. The van der Waals surface area contributed by atoms with E-state index in [0.29, 0.717) is 31.8 Å². The predicted molar refractivity (Wildman–Crippen MR) is 67.9 cm³/mol. The molecular formula is C12H18N4O4. The molecule has 2 amide bonds. The normalized spacial score (nSPS) is 21.6. The Morgan fingerprint density at radius 3 is 2.95 bits per heavy atom. The lowest BCUT2D eigenvalue weighted by Crippen LogP contribution is -2.40. The number of carboxylic acid groups (broad SMARTS) is 1. The number of hydrogen-bond acceptors (Lipinski definition) is 5. The number of carboxylic acids is 1. The Kier molecular flexibility index (Phi) is 4.91. The van der Waals surface area contributed by atoms with E-state index in [2.05, 4.69) is 25.3 Å². The maximum absolute atomic E-state index is 11.6. The fraction of sp³-hybridized carbons (Fsp3) is 0.667. The van der Waals surface area contributed by atoms with E-state index in [1.807, 2.05) is 0 Å². The van der Waals surface area contributed by atoms with Gasteiger partial charge in [-0.2, -0.15) is 4.98 Å². The van der Waals surface area contributed by atoms with Gasteiger partial charge in [0.1, 0.15) is 0 Å². The number of rotatable bonds is 6. The number of aliphatic carboxylic acids is 1. The smallest absolute Gasteiger partial charge is 0.314 e. The second-order valence-electron chi connectivity index (χ2n) is 4.87. The zero-order valence-electron chi connectivity index (χ0n) is 11.0. The summed E-state index contributed by atoms with van der Waals surface area (Å²) >= 11 is 0. The van der Waals surface area contributed by atoms with Crippen LogP contribution in [0, 0.1) is 11.8 Å². The van der Waals surface area contributed by atoms with Crippen molar-refractivity contribution >= 4 is 12.0 Å². The van der Waals surface area contributed by atoms with Crippen LogP contribution in [-0.4, -0.2) is 40.3 Å². The van der Waals surface area contributed by atoms with E-state index < -0.39 is 5.97 Å². The van der Waals surface area contributed by atoms with Gasteiger partial charge in [0.15, 0.2) is 5.82 Å². The molecule has 0 aliphatic heterocycles. The molecule has 1 saturated carbocycles. The van der Waals surface area contributed by atoms with Crippen molar-refractivity contribution < 1.29 is 19.2 Å². The van der Waals surface area contributed by atoms with Crippen LogP contribution in [0.5, 0.6) is 0 Å². The van der Waals surface area contributed by atoms with Crippen LogP contribution in [0.2, 0.25) is 0 Å². The Morgan fingerprint density at radius 1 is 1.40 bits per heavy atom. The molecule has 0 spiro atoms. The van der Waals surface area contributed by atoms with Gasteiger partial charge in [0.05, 0.1) is 5.92 Å². The molecule has 3 N–H and O–H groups in total. The van der Waals surface area contributed by atoms with Crippen molar-refractivity contribution in [3.63, 3.8) is 0 Å². The van der Waals surface area contributed by atoms with E-state index in [1.165, 1.54) is 6.39 Å². The molecule has 20 heavy (non-hydrogen) atoms. The van der Waals surface area contributed by atoms with Crippen LogP contribution < -0.4 is 10.6 Å². The minimum atomic E-state index is -0.771. The van der Waals surface area contributed by atoms with Gasteiger partial charge in [-0.05, 0) is 18.8 Å². The summed E-state index contributed by atoms with van der Waals surface area (Å²) in [4.78, 5) is 26.4. The Balaban J connectivity index is 1.63. The number of carbonyl (C=O) groups excluding carboxylic acids is 1. The molecule has 1 aliphatic carbocycles. The van der Waals surface area contributed by atoms with E-state index in [0.717, 1.165) is 12.8 Å². The quantitative estimate of drug-likeness (QED) is 0.695. The van der Waals surface area contributed by atoms with Crippen LogP contribution >= 0.6 is 0 Å². The third-order valence-corrected chi connectivity index (χ3v) is 3.54. The minimum Gasteiger partial charge on any atom is -0.481 e. The lowest BCUT2D eigenvalue weighted by molar-refractivity contribution is -0.142. The van der Waals surface area contributed by atoms with Crippen LogP contribution in [0.25, 0.3) is 0 Å². The summed E-state index contributed by atoms with van der Waals surface area (Å²) < 4.78 is 4.58. The van der Waals surface area contributed by atoms with Crippen molar-refractivity contribution in [3.8, 4) is 0 Å². The highest BCUT2D eigenvalue weighted by Crippen LogP contribution is 2.31. The third kappa shape index (κ3) is 3.94. The maximum atomic E-state index is 11.6. The molecule has 1 heterocycles. The largest absolute Gasteiger partial charge is 0.481 e. The first kappa shape index (κ1) is 14.3.